The standard InChI is InChI=1S/C15H21ClN2O2/c1-4-15(5-2,19-3)14(18-17)12-9-10-7-6-8-11(16)13(10)20-12/h6-9,14,18H,4-5,17H2,1-3H3. The average molecular weight is 297 g/mol. The Balaban J connectivity index is 2.51. The van der Waals surface area contributed by atoms with Gasteiger partial charge in [0.15, 0.2) is 5.58 Å². The Hall–Kier alpha value is -1.07. The Labute approximate surface area is 124 Å². The molecule has 0 saturated heterocycles. The second-order valence-corrected chi connectivity index (χ2v) is 5.29. The van der Waals surface area contributed by atoms with E-state index in [0.717, 1.165) is 24.0 Å². The van der Waals surface area contributed by atoms with Crippen molar-refractivity contribution in [3.63, 3.8) is 0 Å². The van der Waals surface area contributed by atoms with E-state index < -0.39 is 5.60 Å². The summed E-state index contributed by atoms with van der Waals surface area (Å²) in [5.74, 6) is 6.49. The molecule has 1 aromatic heterocycles. The molecule has 5 heteroatoms. The molecule has 3 N–H and O–H groups in total. The third kappa shape index (κ3) is 2.44. The highest BCUT2D eigenvalue weighted by molar-refractivity contribution is 6.34. The van der Waals surface area contributed by atoms with E-state index in [1.807, 2.05) is 24.3 Å². The lowest BCUT2D eigenvalue weighted by Gasteiger charge is -2.36. The minimum absolute atomic E-state index is 0.231. The van der Waals surface area contributed by atoms with Gasteiger partial charge in [-0.05, 0) is 25.0 Å². The van der Waals surface area contributed by atoms with E-state index in [4.69, 9.17) is 26.6 Å². The minimum atomic E-state index is -0.408. The Morgan fingerprint density at radius 1 is 1.40 bits per heavy atom. The van der Waals surface area contributed by atoms with E-state index in [1.165, 1.54) is 0 Å². The Morgan fingerprint density at radius 3 is 2.60 bits per heavy atom. The van der Waals surface area contributed by atoms with Gasteiger partial charge in [-0.3, -0.25) is 5.84 Å². The fourth-order valence-corrected chi connectivity index (χ4v) is 2.97. The molecule has 0 fully saturated rings. The second-order valence-electron chi connectivity index (χ2n) is 4.88. The number of para-hydroxylation sites is 1. The molecule has 2 rings (SSSR count). The van der Waals surface area contributed by atoms with Crippen LogP contribution in [0, 0.1) is 0 Å². The van der Waals surface area contributed by atoms with Crippen LogP contribution in [-0.2, 0) is 4.74 Å². The zero-order valence-electron chi connectivity index (χ0n) is 12.1. The van der Waals surface area contributed by atoms with Crippen LogP contribution in [0.3, 0.4) is 0 Å². The molecule has 0 radical (unpaired) electrons. The third-order valence-electron chi connectivity index (χ3n) is 4.10. The van der Waals surface area contributed by atoms with E-state index in [0.29, 0.717) is 10.6 Å². The number of fused-ring (bicyclic) bond motifs is 1. The molecule has 1 aromatic carbocycles. The van der Waals surface area contributed by atoms with Crippen LogP contribution < -0.4 is 11.3 Å². The smallest absolute Gasteiger partial charge is 0.152 e. The van der Waals surface area contributed by atoms with Crippen molar-refractivity contribution in [2.75, 3.05) is 7.11 Å². The molecule has 2 aromatic rings. The number of furan rings is 1. The number of ether oxygens (including phenoxy) is 1. The summed E-state index contributed by atoms with van der Waals surface area (Å²) in [6.45, 7) is 4.15. The first-order chi connectivity index (χ1) is 9.61. The van der Waals surface area contributed by atoms with Gasteiger partial charge in [-0.1, -0.05) is 37.6 Å². The van der Waals surface area contributed by atoms with Gasteiger partial charge in [0, 0.05) is 12.5 Å². The van der Waals surface area contributed by atoms with Crippen molar-refractivity contribution in [1.82, 2.24) is 5.43 Å². The highest BCUT2D eigenvalue weighted by atomic mass is 35.5. The van der Waals surface area contributed by atoms with Crippen molar-refractivity contribution in [3.8, 4) is 0 Å². The molecule has 1 heterocycles. The molecule has 20 heavy (non-hydrogen) atoms. The lowest BCUT2D eigenvalue weighted by molar-refractivity contribution is -0.0533. The molecule has 0 aliphatic rings. The number of benzene rings is 1. The van der Waals surface area contributed by atoms with E-state index >= 15 is 0 Å². The van der Waals surface area contributed by atoms with Crippen molar-refractivity contribution in [2.45, 2.75) is 38.3 Å². The molecular weight excluding hydrogens is 276 g/mol. The van der Waals surface area contributed by atoms with Gasteiger partial charge in [0.2, 0.25) is 0 Å². The van der Waals surface area contributed by atoms with E-state index in [1.54, 1.807) is 7.11 Å². The number of halogens is 1. The SMILES string of the molecule is CCC(CC)(OC)C(NN)c1cc2cccc(Cl)c2o1. The maximum absolute atomic E-state index is 6.16. The van der Waals surface area contributed by atoms with E-state index in [9.17, 15) is 0 Å². The van der Waals surface area contributed by atoms with Gasteiger partial charge in [0.05, 0.1) is 10.6 Å². The first-order valence-corrected chi connectivity index (χ1v) is 7.18. The Kier molecular flexibility index (Phi) is 4.70. The topological polar surface area (TPSA) is 60.4 Å². The van der Waals surface area contributed by atoms with Crippen LogP contribution in [0.25, 0.3) is 11.0 Å². The van der Waals surface area contributed by atoms with Crippen LogP contribution in [0.2, 0.25) is 5.02 Å². The molecule has 0 spiro atoms. The van der Waals surface area contributed by atoms with Crippen molar-refractivity contribution in [1.29, 1.82) is 0 Å². The van der Waals surface area contributed by atoms with Crippen LogP contribution in [0.1, 0.15) is 38.5 Å². The summed E-state index contributed by atoms with van der Waals surface area (Å²) in [4.78, 5) is 0. The van der Waals surface area contributed by atoms with Crippen LogP contribution in [0.4, 0.5) is 0 Å². The molecule has 0 aliphatic heterocycles. The van der Waals surface area contributed by atoms with Gasteiger partial charge in [-0.15, -0.1) is 0 Å². The number of hydrazine groups is 1. The summed E-state index contributed by atoms with van der Waals surface area (Å²) < 4.78 is 11.6. The number of hydrogen-bond donors (Lipinski definition) is 2. The Morgan fingerprint density at radius 2 is 2.10 bits per heavy atom. The maximum Gasteiger partial charge on any atom is 0.152 e. The summed E-state index contributed by atoms with van der Waals surface area (Å²) in [5, 5.41) is 1.56. The molecule has 110 valence electrons. The minimum Gasteiger partial charge on any atom is -0.458 e. The zero-order valence-corrected chi connectivity index (χ0v) is 12.8. The molecule has 0 saturated carbocycles. The van der Waals surface area contributed by atoms with Crippen molar-refractivity contribution in [3.05, 3.63) is 35.0 Å². The van der Waals surface area contributed by atoms with E-state index in [-0.39, 0.29) is 6.04 Å². The third-order valence-corrected chi connectivity index (χ3v) is 4.39. The quantitative estimate of drug-likeness (QED) is 0.629. The largest absolute Gasteiger partial charge is 0.458 e. The first-order valence-electron chi connectivity index (χ1n) is 6.81. The zero-order chi connectivity index (χ0) is 14.8. The lowest BCUT2D eigenvalue weighted by atomic mass is 9.87. The molecule has 4 nitrogen and oxygen atoms in total. The fourth-order valence-electron chi connectivity index (χ4n) is 2.75. The van der Waals surface area contributed by atoms with Crippen LogP contribution >= 0.6 is 11.6 Å². The summed E-state index contributed by atoms with van der Waals surface area (Å²) >= 11 is 6.16. The predicted octanol–water partition coefficient (Wildman–Crippen LogP) is 3.80. The average Bonchev–Trinajstić information content (AvgIpc) is 2.90. The number of methoxy groups -OCH3 is 1. The normalized spacial score (nSPS) is 13.8. The van der Waals surface area contributed by atoms with Gasteiger partial charge in [-0.25, -0.2) is 5.43 Å². The Bertz CT molecular complexity index is 570. The molecular formula is C15H21ClN2O2. The number of nitrogens with two attached hydrogens (primary N) is 1. The fraction of sp³-hybridized carbons (Fsp3) is 0.467. The molecule has 0 aliphatic carbocycles. The summed E-state index contributed by atoms with van der Waals surface area (Å²) in [6.07, 6.45) is 1.64. The molecule has 0 bridgehead atoms. The van der Waals surface area contributed by atoms with E-state index in [2.05, 4.69) is 19.3 Å². The number of nitrogens with one attached hydrogen (secondary N) is 1. The molecule has 1 atom stereocenters. The van der Waals surface area contributed by atoms with Crippen LogP contribution in [0.15, 0.2) is 28.7 Å². The van der Waals surface area contributed by atoms with Gasteiger partial charge in [0.25, 0.3) is 0 Å². The molecule has 1 unspecified atom stereocenters. The second kappa shape index (κ2) is 6.14. The van der Waals surface area contributed by atoms with Gasteiger partial charge in [-0.2, -0.15) is 0 Å². The van der Waals surface area contributed by atoms with Gasteiger partial charge >= 0.3 is 0 Å². The van der Waals surface area contributed by atoms with Crippen LogP contribution in [-0.4, -0.2) is 12.7 Å². The van der Waals surface area contributed by atoms with Gasteiger partial charge < -0.3 is 9.15 Å². The van der Waals surface area contributed by atoms with Crippen molar-refractivity contribution < 1.29 is 9.15 Å². The number of rotatable bonds is 6. The van der Waals surface area contributed by atoms with Crippen LogP contribution in [0.5, 0.6) is 0 Å². The highest BCUT2D eigenvalue weighted by Gasteiger charge is 2.38. The maximum atomic E-state index is 6.16. The summed E-state index contributed by atoms with van der Waals surface area (Å²) in [6, 6.07) is 7.41. The summed E-state index contributed by atoms with van der Waals surface area (Å²) in [7, 11) is 1.70. The van der Waals surface area contributed by atoms with Crippen molar-refractivity contribution in [2.24, 2.45) is 5.84 Å². The summed E-state index contributed by atoms with van der Waals surface area (Å²) in [5.41, 5.74) is 3.11. The first kappa shape index (κ1) is 15.3. The molecule has 0 amide bonds. The van der Waals surface area contributed by atoms with Crippen molar-refractivity contribution >= 4 is 22.6 Å². The number of hydrogen-bond acceptors (Lipinski definition) is 4. The van der Waals surface area contributed by atoms with Gasteiger partial charge in [0.1, 0.15) is 11.8 Å². The lowest BCUT2D eigenvalue weighted by Crippen LogP contribution is -2.47. The monoisotopic (exact) mass is 296 g/mol. The highest BCUT2D eigenvalue weighted by Crippen LogP contribution is 2.38. The predicted molar refractivity (Wildman–Crippen MR) is 81.6 cm³/mol.